The van der Waals surface area contributed by atoms with Crippen molar-refractivity contribution in [3.8, 4) is 10.6 Å². The predicted molar refractivity (Wildman–Crippen MR) is 102 cm³/mol. The fourth-order valence-corrected chi connectivity index (χ4v) is 3.94. The van der Waals surface area contributed by atoms with E-state index in [4.69, 9.17) is 0 Å². The molecule has 3 aromatic heterocycles. The molecule has 0 aromatic carbocycles. The Morgan fingerprint density at radius 3 is 2.73 bits per heavy atom. The molecule has 1 amide bonds. The first-order valence-corrected chi connectivity index (χ1v) is 9.60. The van der Waals surface area contributed by atoms with Gasteiger partial charge in [-0.2, -0.15) is 0 Å². The second-order valence-electron chi connectivity index (χ2n) is 5.45. The van der Waals surface area contributed by atoms with E-state index in [1.807, 2.05) is 6.92 Å². The number of hydrogen-bond acceptors (Lipinski definition) is 7. The Hall–Kier alpha value is -2.58. The summed E-state index contributed by atoms with van der Waals surface area (Å²) in [7, 11) is 1.30. The third kappa shape index (κ3) is 4.33. The molecule has 6 nitrogen and oxygen atoms in total. The lowest BCUT2D eigenvalue weighted by Crippen LogP contribution is -2.26. The molecule has 0 saturated carbocycles. The Labute approximate surface area is 158 Å². The molecule has 8 heteroatoms. The number of carbonyl (C=O) groups excluding carboxylic acids is 2. The highest BCUT2D eigenvalue weighted by atomic mass is 32.1. The van der Waals surface area contributed by atoms with Crippen molar-refractivity contribution in [2.45, 2.75) is 13.3 Å². The number of hydrogen-bond donors (Lipinski definition) is 1. The number of thiophene rings is 1. The van der Waals surface area contributed by atoms with E-state index in [0.29, 0.717) is 12.1 Å². The molecule has 26 heavy (non-hydrogen) atoms. The van der Waals surface area contributed by atoms with Crippen LogP contribution in [0.15, 0.2) is 35.8 Å². The lowest BCUT2D eigenvalue weighted by molar-refractivity contribution is 0.0599. The molecule has 3 heterocycles. The van der Waals surface area contributed by atoms with Gasteiger partial charge in [0.2, 0.25) is 0 Å². The molecular weight excluding hydrogens is 370 g/mol. The van der Waals surface area contributed by atoms with E-state index in [-0.39, 0.29) is 11.6 Å². The van der Waals surface area contributed by atoms with Gasteiger partial charge in [0.25, 0.3) is 5.91 Å². The van der Waals surface area contributed by atoms with Crippen LogP contribution in [0.4, 0.5) is 0 Å². The Morgan fingerprint density at radius 2 is 2.08 bits per heavy atom. The first-order chi connectivity index (χ1) is 12.6. The standard InChI is InChI=1S/C18H17N3O3S2/c1-11-21-15(10-25-11)16-6-4-13(26-16)7-8-19-17(22)14-5-3-12(9-20-14)18(23)24-2/h3-6,9-10H,7-8H2,1-2H3,(H,19,22). The summed E-state index contributed by atoms with van der Waals surface area (Å²) >= 11 is 3.31. The van der Waals surface area contributed by atoms with E-state index in [9.17, 15) is 9.59 Å². The quantitative estimate of drug-likeness (QED) is 0.656. The Kier molecular flexibility index (Phi) is 5.75. The number of aromatic nitrogens is 2. The highest BCUT2D eigenvalue weighted by Gasteiger charge is 2.11. The molecule has 0 aliphatic rings. The minimum Gasteiger partial charge on any atom is -0.465 e. The average Bonchev–Trinajstić information content (AvgIpc) is 3.30. The van der Waals surface area contributed by atoms with Crippen molar-refractivity contribution in [3.05, 3.63) is 57.0 Å². The summed E-state index contributed by atoms with van der Waals surface area (Å²) in [6.07, 6.45) is 2.07. The fourth-order valence-electron chi connectivity index (χ4n) is 2.28. The SMILES string of the molecule is COC(=O)c1ccc(C(=O)NCCc2ccc(-c3csc(C)n3)s2)nc1. The molecule has 0 fully saturated rings. The zero-order valence-electron chi connectivity index (χ0n) is 14.3. The van der Waals surface area contributed by atoms with E-state index < -0.39 is 5.97 Å². The van der Waals surface area contributed by atoms with Gasteiger partial charge in [0.1, 0.15) is 5.69 Å². The van der Waals surface area contributed by atoms with Gasteiger partial charge >= 0.3 is 5.97 Å². The number of methoxy groups -OCH3 is 1. The minimum absolute atomic E-state index is 0.266. The first-order valence-electron chi connectivity index (χ1n) is 7.90. The molecule has 0 radical (unpaired) electrons. The molecule has 0 bridgehead atoms. The number of nitrogens with zero attached hydrogens (tertiary/aromatic N) is 2. The minimum atomic E-state index is -0.478. The summed E-state index contributed by atoms with van der Waals surface area (Å²) < 4.78 is 4.60. The summed E-state index contributed by atoms with van der Waals surface area (Å²) in [4.78, 5) is 34.3. The first kappa shape index (κ1) is 18.2. The van der Waals surface area contributed by atoms with Crippen molar-refractivity contribution >= 4 is 34.6 Å². The van der Waals surface area contributed by atoms with E-state index in [0.717, 1.165) is 22.0 Å². The van der Waals surface area contributed by atoms with E-state index in [2.05, 4.69) is 37.5 Å². The number of rotatable bonds is 6. The van der Waals surface area contributed by atoms with Crippen LogP contribution in [0.5, 0.6) is 0 Å². The number of nitrogens with one attached hydrogen (secondary N) is 1. The highest BCUT2D eigenvalue weighted by Crippen LogP contribution is 2.29. The Bertz CT molecular complexity index is 916. The van der Waals surface area contributed by atoms with Crippen LogP contribution in [0.25, 0.3) is 10.6 Å². The van der Waals surface area contributed by atoms with Gasteiger partial charge in [-0.05, 0) is 37.6 Å². The number of pyridine rings is 1. The van der Waals surface area contributed by atoms with Gasteiger partial charge in [-0.1, -0.05) is 0 Å². The molecule has 0 spiro atoms. The van der Waals surface area contributed by atoms with E-state index in [1.165, 1.54) is 30.3 Å². The maximum absolute atomic E-state index is 12.1. The summed E-state index contributed by atoms with van der Waals surface area (Å²) in [5.74, 6) is -0.749. The summed E-state index contributed by atoms with van der Waals surface area (Å²) in [5, 5.41) is 5.94. The van der Waals surface area contributed by atoms with Crippen molar-refractivity contribution in [2.75, 3.05) is 13.7 Å². The van der Waals surface area contributed by atoms with E-state index >= 15 is 0 Å². The zero-order valence-corrected chi connectivity index (χ0v) is 15.9. The van der Waals surface area contributed by atoms with Crippen LogP contribution in [0.3, 0.4) is 0 Å². The summed E-state index contributed by atoms with van der Waals surface area (Å²) in [6.45, 7) is 2.50. The molecule has 3 rings (SSSR count). The molecule has 0 atom stereocenters. The second kappa shape index (κ2) is 8.20. The molecule has 1 N–H and O–H groups in total. The van der Waals surface area contributed by atoms with Gasteiger partial charge < -0.3 is 10.1 Å². The maximum Gasteiger partial charge on any atom is 0.339 e. The van der Waals surface area contributed by atoms with Crippen LogP contribution in [0.1, 0.15) is 30.7 Å². The maximum atomic E-state index is 12.1. The van der Waals surface area contributed by atoms with Gasteiger partial charge in [-0.3, -0.25) is 9.78 Å². The second-order valence-corrected chi connectivity index (χ2v) is 7.68. The van der Waals surface area contributed by atoms with Crippen molar-refractivity contribution in [2.24, 2.45) is 0 Å². The zero-order chi connectivity index (χ0) is 18.5. The molecule has 0 unspecified atom stereocenters. The molecule has 0 aliphatic carbocycles. The van der Waals surface area contributed by atoms with Gasteiger partial charge in [-0.25, -0.2) is 9.78 Å². The highest BCUT2D eigenvalue weighted by molar-refractivity contribution is 7.16. The number of aryl methyl sites for hydroxylation is 1. The number of esters is 1. The average molecular weight is 387 g/mol. The van der Waals surface area contributed by atoms with Gasteiger partial charge in [0.15, 0.2) is 0 Å². The van der Waals surface area contributed by atoms with Crippen molar-refractivity contribution in [3.63, 3.8) is 0 Å². The normalized spacial score (nSPS) is 10.5. The Balaban J connectivity index is 1.52. The molecule has 3 aromatic rings. The van der Waals surface area contributed by atoms with Crippen molar-refractivity contribution in [1.29, 1.82) is 0 Å². The lowest BCUT2D eigenvalue weighted by atomic mass is 10.2. The third-order valence-electron chi connectivity index (χ3n) is 3.61. The van der Waals surface area contributed by atoms with Crippen LogP contribution < -0.4 is 5.32 Å². The molecule has 0 aliphatic heterocycles. The molecule has 0 saturated heterocycles. The summed E-state index contributed by atoms with van der Waals surface area (Å²) in [5.41, 5.74) is 1.58. The predicted octanol–water partition coefficient (Wildman–Crippen LogP) is 3.33. The van der Waals surface area contributed by atoms with Crippen molar-refractivity contribution < 1.29 is 14.3 Å². The van der Waals surface area contributed by atoms with Crippen LogP contribution in [0, 0.1) is 6.92 Å². The topological polar surface area (TPSA) is 81.2 Å². The molecular formula is C18H17N3O3S2. The molecule has 134 valence electrons. The van der Waals surface area contributed by atoms with Crippen LogP contribution in [0.2, 0.25) is 0 Å². The Morgan fingerprint density at radius 1 is 1.23 bits per heavy atom. The van der Waals surface area contributed by atoms with Crippen LogP contribution in [-0.4, -0.2) is 35.5 Å². The smallest absolute Gasteiger partial charge is 0.339 e. The van der Waals surface area contributed by atoms with Gasteiger partial charge in [0, 0.05) is 23.0 Å². The fraction of sp³-hybridized carbons (Fsp3) is 0.222. The van der Waals surface area contributed by atoms with Gasteiger partial charge in [-0.15, -0.1) is 22.7 Å². The van der Waals surface area contributed by atoms with Crippen molar-refractivity contribution in [1.82, 2.24) is 15.3 Å². The van der Waals surface area contributed by atoms with Crippen LogP contribution >= 0.6 is 22.7 Å². The van der Waals surface area contributed by atoms with E-state index in [1.54, 1.807) is 22.7 Å². The largest absolute Gasteiger partial charge is 0.465 e. The van der Waals surface area contributed by atoms with Crippen LogP contribution in [-0.2, 0) is 11.2 Å². The van der Waals surface area contributed by atoms with Gasteiger partial charge in [0.05, 0.1) is 28.3 Å². The summed E-state index contributed by atoms with van der Waals surface area (Å²) in [6, 6.07) is 7.15. The third-order valence-corrected chi connectivity index (χ3v) is 5.55. The monoisotopic (exact) mass is 387 g/mol. The number of ether oxygens (including phenoxy) is 1. The number of thiazole rings is 1. The number of amides is 1. The number of carbonyl (C=O) groups is 2. The lowest BCUT2D eigenvalue weighted by Gasteiger charge is -2.04.